The number of fused-ring (bicyclic) bond motifs is 3. The van der Waals surface area contributed by atoms with Gasteiger partial charge in [-0.3, -0.25) is 9.69 Å². The molecule has 1 saturated heterocycles. The second kappa shape index (κ2) is 9.29. The Morgan fingerprint density at radius 2 is 1.77 bits per heavy atom. The standard InChI is InChI=1S/C31H36F3N3O2/c1-18-12-22-21-6-4-5-7-25(21)35-27(22)28(37(18)17-30(2,3)34)26-23(32)13-20(14-24(26)33)36-10-8-31(9-11-36)15-19(16-31)29(38)39/h4-7,13-14,18-19,28,35H,8-12,15-17H2,1-3H3,(H,38,39)/t18-,28-/m1/s1. The number of carboxylic acid groups (broad SMARTS) is 1. The van der Waals surface area contributed by atoms with Gasteiger partial charge in [-0.25, -0.2) is 13.2 Å². The second-order valence-corrected chi connectivity index (χ2v) is 12.7. The zero-order valence-electron chi connectivity index (χ0n) is 22.7. The lowest BCUT2D eigenvalue weighted by molar-refractivity contribution is -0.151. The number of aliphatic carboxylic acids is 1. The molecule has 1 aliphatic carbocycles. The maximum absolute atomic E-state index is 16.0. The van der Waals surface area contributed by atoms with E-state index >= 15 is 13.2 Å². The first-order valence-corrected chi connectivity index (χ1v) is 14.0. The number of halogens is 3. The van der Waals surface area contributed by atoms with Crippen LogP contribution in [0.2, 0.25) is 0 Å². The third-order valence-corrected chi connectivity index (χ3v) is 9.31. The average molecular weight is 540 g/mol. The number of nitrogens with one attached hydrogen (secondary N) is 1. The summed E-state index contributed by atoms with van der Waals surface area (Å²) in [6, 6.07) is 9.78. The minimum Gasteiger partial charge on any atom is -0.481 e. The van der Waals surface area contributed by atoms with Crippen LogP contribution >= 0.6 is 0 Å². The Morgan fingerprint density at radius 1 is 1.13 bits per heavy atom. The van der Waals surface area contributed by atoms with E-state index < -0.39 is 29.3 Å². The summed E-state index contributed by atoms with van der Waals surface area (Å²) in [5.41, 5.74) is 1.59. The summed E-state index contributed by atoms with van der Waals surface area (Å²) in [6.45, 7) is 6.31. The van der Waals surface area contributed by atoms with E-state index in [0.717, 1.165) is 35.0 Å². The van der Waals surface area contributed by atoms with Crippen molar-refractivity contribution in [3.63, 3.8) is 0 Å². The first kappa shape index (κ1) is 26.2. The van der Waals surface area contributed by atoms with E-state index in [4.69, 9.17) is 0 Å². The van der Waals surface area contributed by atoms with Crippen molar-refractivity contribution in [3.8, 4) is 0 Å². The second-order valence-electron chi connectivity index (χ2n) is 12.7. The number of benzene rings is 2. The van der Waals surface area contributed by atoms with Crippen molar-refractivity contribution in [1.82, 2.24) is 9.88 Å². The number of piperidine rings is 1. The summed E-state index contributed by atoms with van der Waals surface area (Å²) in [4.78, 5) is 18.6. The Labute approximate surface area is 227 Å². The minimum atomic E-state index is -1.55. The van der Waals surface area contributed by atoms with Crippen LogP contribution in [0.15, 0.2) is 36.4 Å². The highest BCUT2D eigenvalue weighted by Crippen LogP contribution is 2.53. The van der Waals surface area contributed by atoms with Gasteiger partial charge in [0, 0.05) is 53.5 Å². The molecular weight excluding hydrogens is 503 g/mol. The first-order valence-electron chi connectivity index (χ1n) is 14.0. The topological polar surface area (TPSA) is 59.6 Å². The molecule has 8 heteroatoms. The molecule has 6 rings (SSSR count). The maximum Gasteiger partial charge on any atom is 0.306 e. The van der Waals surface area contributed by atoms with Crippen molar-refractivity contribution in [2.75, 3.05) is 24.5 Å². The van der Waals surface area contributed by atoms with Crippen molar-refractivity contribution in [1.29, 1.82) is 0 Å². The summed E-state index contributed by atoms with van der Waals surface area (Å²) < 4.78 is 47.1. The summed E-state index contributed by atoms with van der Waals surface area (Å²) >= 11 is 0. The van der Waals surface area contributed by atoms with Crippen molar-refractivity contribution >= 4 is 22.6 Å². The van der Waals surface area contributed by atoms with Crippen molar-refractivity contribution in [2.45, 2.75) is 70.6 Å². The summed E-state index contributed by atoms with van der Waals surface area (Å²) in [5.74, 6) is -2.27. The van der Waals surface area contributed by atoms with Crippen molar-refractivity contribution in [2.24, 2.45) is 11.3 Å². The van der Waals surface area contributed by atoms with Gasteiger partial charge in [0.25, 0.3) is 0 Å². The van der Waals surface area contributed by atoms with Crippen molar-refractivity contribution < 1.29 is 23.1 Å². The lowest BCUT2D eigenvalue weighted by atomic mass is 9.57. The third-order valence-electron chi connectivity index (χ3n) is 9.31. The van der Waals surface area contributed by atoms with Crippen LogP contribution in [0.1, 0.15) is 69.3 Å². The number of aromatic amines is 1. The molecule has 1 spiro atoms. The molecule has 3 aliphatic rings. The molecule has 2 aliphatic heterocycles. The third kappa shape index (κ3) is 4.60. The molecule has 0 amide bonds. The number of hydrogen-bond donors (Lipinski definition) is 2. The van der Waals surface area contributed by atoms with Crippen LogP contribution in [0.25, 0.3) is 10.9 Å². The lowest BCUT2D eigenvalue weighted by Crippen LogP contribution is -2.49. The Kier molecular flexibility index (Phi) is 6.25. The van der Waals surface area contributed by atoms with E-state index in [1.54, 1.807) is 0 Å². The molecule has 3 aromatic rings. The molecule has 5 nitrogen and oxygen atoms in total. The average Bonchev–Trinajstić information content (AvgIpc) is 3.21. The van der Waals surface area contributed by atoms with Crippen LogP contribution in [-0.4, -0.2) is 52.3 Å². The van der Waals surface area contributed by atoms with E-state index in [0.29, 0.717) is 38.0 Å². The van der Waals surface area contributed by atoms with Crippen molar-refractivity contribution in [3.05, 3.63) is 64.9 Å². The lowest BCUT2D eigenvalue weighted by Gasteiger charge is -2.51. The number of aromatic nitrogens is 1. The largest absolute Gasteiger partial charge is 0.481 e. The number of nitrogens with zero attached hydrogens (tertiary/aromatic N) is 2. The molecule has 2 atom stereocenters. The molecule has 1 saturated carbocycles. The number of carboxylic acids is 1. The fourth-order valence-electron chi connectivity index (χ4n) is 7.32. The van der Waals surface area contributed by atoms with Crippen LogP contribution < -0.4 is 4.90 Å². The van der Waals surface area contributed by atoms with Gasteiger partial charge >= 0.3 is 5.97 Å². The fraction of sp³-hybridized carbons (Fsp3) is 0.516. The van der Waals surface area contributed by atoms with Gasteiger partial charge in [0.05, 0.1) is 12.0 Å². The molecule has 3 heterocycles. The van der Waals surface area contributed by atoms with Gasteiger partial charge < -0.3 is 15.0 Å². The molecule has 0 unspecified atom stereocenters. The van der Waals surface area contributed by atoms with Gasteiger partial charge in [0.15, 0.2) is 0 Å². The first-order chi connectivity index (χ1) is 18.4. The summed E-state index contributed by atoms with van der Waals surface area (Å²) in [5, 5.41) is 10.3. The zero-order valence-corrected chi connectivity index (χ0v) is 22.7. The molecule has 2 N–H and O–H groups in total. The van der Waals surface area contributed by atoms with Crippen LogP contribution in [-0.2, 0) is 11.2 Å². The van der Waals surface area contributed by atoms with E-state index in [1.165, 1.54) is 26.0 Å². The fourth-order valence-corrected chi connectivity index (χ4v) is 7.32. The van der Waals surface area contributed by atoms with Crippen LogP contribution in [0.4, 0.5) is 18.9 Å². The Morgan fingerprint density at radius 3 is 2.38 bits per heavy atom. The molecule has 39 heavy (non-hydrogen) atoms. The smallest absolute Gasteiger partial charge is 0.306 e. The zero-order chi connectivity index (χ0) is 27.7. The molecule has 208 valence electrons. The highest BCUT2D eigenvalue weighted by Gasteiger charge is 2.49. The van der Waals surface area contributed by atoms with Crippen LogP contribution in [0.3, 0.4) is 0 Å². The SMILES string of the molecule is C[C@@H]1Cc2c([nH]c3ccccc23)[C@@H](c2c(F)cc(N3CCC4(CC3)CC(C(=O)O)C4)cc2F)N1CC(C)(C)F. The van der Waals surface area contributed by atoms with Gasteiger partial charge in [-0.2, -0.15) is 0 Å². The number of anilines is 1. The van der Waals surface area contributed by atoms with Gasteiger partial charge in [0.1, 0.15) is 17.3 Å². The Hall–Kier alpha value is -3.00. The van der Waals surface area contributed by atoms with Gasteiger partial charge in [0.2, 0.25) is 0 Å². The van der Waals surface area contributed by atoms with Gasteiger partial charge in [-0.1, -0.05) is 18.2 Å². The predicted molar refractivity (Wildman–Crippen MR) is 146 cm³/mol. The van der Waals surface area contributed by atoms with Crippen LogP contribution in [0.5, 0.6) is 0 Å². The number of rotatable bonds is 5. The number of para-hydroxylation sites is 1. The normalized spacial score (nSPS) is 23.7. The molecular formula is C31H36F3N3O2. The number of H-pyrrole nitrogens is 1. The van der Waals surface area contributed by atoms with E-state index in [2.05, 4.69) is 4.98 Å². The number of alkyl halides is 1. The monoisotopic (exact) mass is 539 g/mol. The summed E-state index contributed by atoms with van der Waals surface area (Å²) in [7, 11) is 0. The molecule has 2 fully saturated rings. The highest BCUT2D eigenvalue weighted by atomic mass is 19.1. The molecule has 0 radical (unpaired) electrons. The van der Waals surface area contributed by atoms with E-state index in [9.17, 15) is 9.90 Å². The number of carbonyl (C=O) groups is 1. The van der Waals surface area contributed by atoms with Gasteiger partial charge in [-0.15, -0.1) is 0 Å². The molecule has 1 aromatic heterocycles. The Bertz CT molecular complexity index is 1390. The maximum atomic E-state index is 16.0. The highest BCUT2D eigenvalue weighted by molar-refractivity contribution is 5.85. The Balaban J connectivity index is 1.34. The molecule has 2 aromatic carbocycles. The quantitative estimate of drug-likeness (QED) is 0.383. The van der Waals surface area contributed by atoms with Gasteiger partial charge in [-0.05, 0) is 82.1 Å². The summed E-state index contributed by atoms with van der Waals surface area (Å²) in [6.07, 6.45) is 3.67. The van der Waals surface area contributed by atoms with Crippen LogP contribution in [0, 0.1) is 23.0 Å². The van der Waals surface area contributed by atoms with E-state index in [-0.39, 0.29) is 29.5 Å². The predicted octanol–water partition coefficient (Wildman–Crippen LogP) is 6.61. The number of hydrogen-bond acceptors (Lipinski definition) is 3. The molecule has 0 bridgehead atoms. The van der Waals surface area contributed by atoms with E-state index in [1.807, 2.05) is 41.0 Å². The minimum absolute atomic E-state index is 0.0415.